The third-order valence-corrected chi connectivity index (χ3v) is 2.61. The zero-order valence-corrected chi connectivity index (χ0v) is 8.44. The number of hydrogen-bond acceptors (Lipinski definition) is 1. The molecule has 0 unspecified atom stereocenters. The number of aromatic nitrogens is 2. The predicted molar refractivity (Wildman–Crippen MR) is 61.5 cm³/mol. The maximum Gasteiger partial charge on any atom is 0.137 e. The molecule has 0 radical (unpaired) electrons. The molecular formula is C13H9FN2. The summed E-state index contributed by atoms with van der Waals surface area (Å²) in [6.07, 6.45) is 3.64. The van der Waals surface area contributed by atoms with E-state index in [1.54, 1.807) is 18.3 Å². The maximum atomic E-state index is 12.8. The number of halogens is 1. The molecule has 0 aliphatic carbocycles. The van der Waals surface area contributed by atoms with Crippen LogP contribution in [0.5, 0.6) is 0 Å². The van der Waals surface area contributed by atoms with Crippen LogP contribution in [-0.2, 0) is 0 Å². The Morgan fingerprint density at radius 1 is 1.06 bits per heavy atom. The summed E-state index contributed by atoms with van der Waals surface area (Å²) in [7, 11) is 0. The van der Waals surface area contributed by atoms with Gasteiger partial charge in [0.05, 0.1) is 0 Å². The molecule has 1 N–H and O–H groups in total. The zero-order chi connectivity index (χ0) is 11.0. The van der Waals surface area contributed by atoms with Crippen LogP contribution >= 0.6 is 0 Å². The lowest BCUT2D eigenvalue weighted by Gasteiger charge is -1.98. The number of hydrogen-bond donors (Lipinski definition) is 1. The van der Waals surface area contributed by atoms with Gasteiger partial charge in [0.25, 0.3) is 0 Å². The van der Waals surface area contributed by atoms with Crippen molar-refractivity contribution in [1.82, 2.24) is 9.97 Å². The summed E-state index contributed by atoms with van der Waals surface area (Å²) >= 11 is 0. The molecule has 0 amide bonds. The van der Waals surface area contributed by atoms with Crippen LogP contribution < -0.4 is 0 Å². The number of benzene rings is 1. The molecule has 3 rings (SSSR count). The van der Waals surface area contributed by atoms with Crippen molar-refractivity contribution in [1.29, 1.82) is 0 Å². The fourth-order valence-corrected chi connectivity index (χ4v) is 1.82. The highest BCUT2D eigenvalue weighted by atomic mass is 19.1. The second kappa shape index (κ2) is 3.45. The van der Waals surface area contributed by atoms with Gasteiger partial charge in [-0.1, -0.05) is 12.1 Å². The van der Waals surface area contributed by atoms with Gasteiger partial charge in [0.1, 0.15) is 11.5 Å². The van der Waals surface area contributed by atoms with Crippen molar-refractivity contribution >= 4 is 11.0 Å². The third-order valence-electron chi connectivity index (χ3n) is 2.61. The summed E-state index contributed by atoms with van der Waals surface area (Å²) in [6.45, 7) is 0. The lowest BCUT2D eigenvalue weighted by atomic mass is 10.1. The molecule has 78 valence electrons. The molecule has 2 aromatic heterocycles. The van der Waals surface area contributed by atoms with E-state index < -0.39 is 0 Å². The summed E-state index contributed by atoms with van der Waals surface area (Å²) < 4.78 is 12.8. The Morgan fingerprint density at radius 3 is 2.69 bits per heavy atom. The molecule has 0 saturated heterocycles. The predicted octanol–water partition coefficient (Wildman–Crippen LogP) is 3.37. The number of rotatable bonds is 1. The van der Waals surface area contributed by atoms with Crippen LogP contribution in [-0.4, -0.2) is 9.97 Å². The van der Waals surface area contributed by atoms with Gasteiger partial charge in [0, 0.05) is 23.3 Å². The first kappa shape index (κ1) is 9.09. The first-order chi connectivity index (χ1) is 7.84. The highest BCUT2D eigenvalue weighted by molar-refractivity contribution is 5.93. The molecule has 3 heteroatoms. The number of aromatic amines is 1. The minimum Gasteiger partial charge on any atom is -0.346 e. The molecule has 0 saturated carbocycles. The highest BCUT2D eigenvalue weighted by Crippen LogP contribution is 2.27. The van der Waals surface area contributed by atoms with Crippen molar-refractivity contribution in [2.45, 2.75) is 0 Å². The molecular weight excluding hydrogens is 203 g/mol. The Bertz CT molecular complexity index is 626. The summed E-state index contributed by atoms with van der Waals surface area (Å²) in [5, 5.41) is 1.05. The average molecular weight is 212 g/mol. The van der Waals surface area contributed by atoms with Gasteiger partial charge in [-0.3, -0.25) is 0 Å². The molecule has 0 atom stereocenters. The van der Waals surface area contributed by atoms with Gasteiger partial charge >= 0.3 is 0 Å². The van der Waals surface area contributed by atoms with Crippen molar-refractivity contribution in [3.63, 3.8) is 0 Å². The molecule has 0 aliphatic rings. The lowest BCUT2D eigenvalue weighted by molar-refractivity contribution is 0.628. The van der Waals surface area contributed by atoms with Crippen LogP contribution in [0, 0.1) is 5.82 Å². The SMILES string of the molecule is Fc1ccc(-c2c[nH]c3ncccc23)cc1. The van der Waals surface area contributed by atoms with Crippen molar-refractivity contribution < 1.29 is 4.39 Å². The monoisotopic (exact) mass is 212 g/mol. The zero-order valence-electron chi connectivity index (χ0n) is 8.44. The van der Waals surface area contributed by atoms with Gasteiger partial charge in [0.2, 0.25) is 0 Å². The minimum absolute atomic E-state index is 0.221. The van der Waals surface area contributed by atoms with Gasteiger partial charge in [-0.2, -0.15) is 0 Å². The Morgan fingerprint density at radius 2 is 1.88 bits per heavy atom. The minimum atomic E-state index is -0.221. The van der Waals surface area contributed by atoms with Crippen molar-refractivity contribution in [3.05, 3.63) is 54.6 Å². The second-order valence-electron chi connectivity index (χ2n) is 3.61. The van der Waals surface area contributed by atoms with Crippen LogP contribution in [0.1, 0.15) is 0 Å². The standard InChI is InChI=1S/C13H9FN2/c14-10-5-3-9(4-6-10)12-8-16-13-11(12)2-1-7-15-13/h1-8H,(H,15,16). The molecule has 2 heterocycles. The van der Waals surface area contributed by atoms with Crippen LogP contribution in [0.25, 0.3) is 22.2 Å². The van der Waals surface area contributed by atoms with Crippen molar-refractivity contribution in [2.75, 3.05) is 0 Å². The summed E-state index contributed by atoms with van der Waals surface area (Å²) in [5.41, 5.74) is 2.88. The molecule has 0 bridgehead atoms. The number of fused-ring (bicyclic) bond motifs is 1. The van der Waals surface area contributed by atoms with E-state index in [9.17, 15) is 4.39 Å². The Kier molecular flexibility index (Phi) is 1.96. The van der Waals surface area contributed by atoms with E-state index in [0.29, 0.717) is 0 Å². The van der Waals surface area contributed by atoms with Gasteiger partial charge in [0.15, 0.2) is 0 Å². The third kappa shape index (κ3) is 1.37. The van der Waals surface area contributed by atoms with Crippen molar-refractivity contribution in [3.8, 4) is 11.1 Å². The number of nitrogens with one attached hydrogen (secondary N) is 1. The molecule has 16 heavy (non-hydrogen) atoms. The number of H-pyrrole nitrogens is 1. The fourth-order valence-electron chi connectivity index (χ4n) is 1.82. The van der Waals surface area contributed by atoms with Crippen molar-refractivity contribution in [2.24, 2.45) is 0 Å². The Balaban J connectivity index is 2.22. The van der Waals surface area contributed by atoms with E-state index in [1.165, 1.54) is 12.1 Å². The smallest absolute Gasteiger partial charge is 0.137 e. The Hall–Kier alpha value is -2.16. The van der Waals surface area contributed by atoms with Gasteiger partial charge in [-0.05, 0) is 29.8 Å². The van der Waals surface area contributed by atoms with Gasteiger partial charge < -0.3 is 4.98 Å². The van der Waals surface area contributed by atoms with Crippen LogP contribution in [0.4, 0.5) is 4.39 Å². The normalized spacial score (nSPS) is 10.8. The molecule has 2 nitrogen and oxygen atoms in total. The van der Waals surface area contributed by atoms with E-state index in [0.717, 1.165) is 22.2 Å². The largest absolute Gasteiger partial charge is 0.346 e. The van der Waals surface area contributed by atoms with E-state index in [1.807, 2.05) is 18.3 Å². The average Bonchev–Trinajstić information content (AvgIpc) is 2.74. The molecule has 0 aliphatic heterocycles. The van der Waals surface area contributed by atoms with E-state index in [2.05, 4.69) is 9.97 Å². The summed E-state index contributed by atoms with van der Waals surface area (Å²) in [4.78, 5) is 7.31. The first-order valence-electron chi connectivity index (χ1n) is 5.02. The molecule has 0 spiro atoms. The second-order valence-corrected chi connectivity index (χ2v) is 3.61. The molecule has 1 aromatic carbocycles. The summed E-state index contributed by atoms with van der Waals surface area (Å²) in [6, 6.07) is 10.4. The van der Waals surface area contributed by atoms with E-state index >= 15 is 0 Å². The first-order valence-corrected chi connectivity index (χ1v) is 5.02. The lowest BCUT2D eigenvalue weighted by Crippen LogP contribution is -1.77. The quantitative estimate of drug-likeness (QED) is 0.658. The van der Waals surface area contributed by atoms with Gasteiger partial charge in [-0.15, -0.1) is 0 Å². The Labute approximate surface area is 91.8 Å². The van der Waals surface area contributed by atoms with E-state index in [-0.39, 0.29) is 5.82 Å². The summed E-state index contributed by atoms with van der Waals surface area (Å²) in [5.74, 6) is -0.221. The van der Waals surface area contributed by atoms with Crippen LogP contribution in [0.15, 0.2) is 48.8 Å². The van der Waals surface area contributed by atoms with Crippen LogP contribution in [0.2, 0.25) is 0 Å². The molecule has 3 aromatic rings. The van der Waals surface area contributed by atoms with E-state index in [4.69, 9.17) is 0 Å². The van der Waals surface area contributed by atoms with Gasteiger partial charge in [-0.25, -0.2) is 9.37 Å². The number of pyridine rings is 1. The topological polar surface area (TPSA) is 28.7 Å². The maximum absolute atomic E-state index is 12.8. The highest BCUT2D eigenvalue weighted by Gasteiger charge is 2.05. The van der Waals surface area contributed by atoms with Crippen LogP contribution in [0.3, 0.4) is 0 Å². The fraction of sp³-hybridized carbons (Fsp3) is 0. The molecule has 0 fully saturated rings. The number of nitrogens with zero attached hydrogens (tertiary/aromatic N) is 1.